The Morgan fingerprint density at radius 1 is 0.430 bits per heavy atom. The molecule has 0 radical (unpaired) electrons. The summed E-state index contributed by atoms with van der Waals surface area (Å²) in [5.41, 5.74) is 3.61. The van der Waals surface area contributed by atoms with E-state index in [1.165, 1.54) is 6.92 Å². The van der Waals surface area contributed by atoms with Crippen LogP contribution in [-0.4, -0.2) is 160 Å². The summed E-state index contributed by atoms with van der Waals surface area (Å²) < 4.78 is 88.1. The number of benzene rings is 7. The van der Waals surface area contributed by atoms with Crippen LogP contribution in [0.3, 0.4) is 0 Å². The van der Waals surface area contributed by atoms with Crippen LogP contribution in [0, 0.1) is 0 Å². The van der Waals surface area contributed by atoms with Crippen LogP contribution in [0.5, 0.6) is 0 Å². The summed E-state index contributed by atoms with van der Waals surface area (Å²) in [7, 11) is 0. The molecular formula is C72H73NO19Se. The summed E-state index contributed by atoms with van der Waals surface area (Å²) in [5, 5.41) is 0.936. The van der Waals surface area contributed by atoms with Crippen molar-refractivity contribution in [3.8, 4) is 0 Å². The number of fused-ring (bicyclic) bond motifs is 2. The van der Waals surface area contributed by atoms with Gasteiger partial charge in [0.25, 0.3) is 0 Å². The summed E-state index contributed by atoms with van der Waals surface area (Å²) >= 11 is -0.763. The number of hydrogen-bond acceptors (Lipinski definition) is 19. The third-order valence-corrected chi connectivity index (χ3v) is 18.7. The molecule has 0 unspecified atom stereocenters. The molecule has 3 saturated heterocycles. The molecular weight excluding hydrogens is 1260 g/mol. The predicted octanol–water partition coefficient (Wildman–Crippen LogP) is 8.13. The second-order valence-corrected chi connectivity index (χ2v) is 25.4. The SMILES string of the molecule is CC(=O)OC[C@H]1O[C@@H](O[C@H]2[C@H](O[C@@H]3O[C@@H](C)[C@@H](OCc4ccccc4)[C@@H](OCc4ccccc4)[C@@H]3OCc3ccccc3)[C@@H](N3C(=O)c4ccccc4C3=O)[C@H]([Se]c3ccccc3)O[C@@H]2COCc2ccc3ccccc3c2)[C@H](OC(C)=O)[C@@H](OC(C)=O)[C@H]1OC(C)=O. The molecule has 486 valence electrons. The average molecular weight is 1340 g/mol. The van der Waals surface area contributed by atoms with Gasteiger partial charge in [-0.3, -0.25) is 0 Å². The molecule has 3 fully saturated rings. The quantitative estimate of drug-likeness (QED) is 0.0228. The fourth-order valence-corrected chi connectivity index (χ4v) is 14.5. The van der Waals surface area contributed by atoms with Crippen LogP contribution in [0.2, 0.25) is 0 Å². The number of carbonyl (C=O) groups is 6. The van der Waals surface area contributed by atoms with Crippen molar-refractivity contribution in [1.82, 2.24) is 4.90 Å². The Bertz CT molecular complexity index is 3640. The van der Waals surface area contributed by atoms with E-state index >= 15 is 9.59 Å². The van der Waals surface area contributed by atoms with Crippen LogP contribution in [0.25, 0.3) is 10.8 Å². The zero-order valence-corrected chi connectivity index (χ0v) is 53.6. The molecule has 20 nitrogen and oxygen atoms in total. The van der Waals surface area contributed by atoms with Crippen molar-refractivity contribution in [2.75, 3.05) is 13.2 Å². The third-order valence-electron chi connectivity index (χ3n) is 16.2. The van der Waals surface area contributed by atoms with Crippen molar-refractivity contribution in [3.05, 3.63) is 221 Å². The molecule has 0 aliphatic carbocycles. The Labute approximate surface area is 545 Å². The molecule has 21 heteroatoms. The standard InChI is InChI=1S/C72H73NO19Se/c1-43-60(82-38-48-22-10-6-11-23-48)64(83-39-49-24-12-7-13-25-49)66(84-40-50-26-14-8-15-27-50)70(85-43)92-63-59(73-68(78)55-32-20-21-33-56(55)69(73)79)72(93-54-30-16-9-17-31-54)90-57(41-80-37-51-34-35-52-28-18-19-29-53(52)36-51)61(63)91-71-67(88-47(5)77)65(87-46(4)76)62(86-45(3)75)58(89-71)42-81-44(2)74/h6-36,43,57-67,70-72H,37-42H2,1-5H3/t43-,57+,58+,59+,60+,61+,62-,63+,64+,65-,66-,67+,70-,71-,72-/m0/s1. The van der Waals surface area contributed by atoms with Crippen molar-refractivity contribution in [1.29, 1.82) is 0 Å². The van der Waals surface area contributed by atoms with Gasteiger partial charge < -0.3 is 0 Å². The van der Waals surface area contributed by atoms with E-state index in [0.29, 0.717) is 0 Å². The normalized spacial score (nSPS) is 26.8. The van der Waals surface area contributed by atoms with Gasteiger partial charge in [-0.1, -0.05) is 24.3 Å². The van der Waals surface area contributed by atoms with Gasteiger partial charge in [-0.2, -0.15) is 0 Å². The fraction of sp³-hybridized carbons (Fsp3) is 0.361. The van der Waals surface area contributed by atoms with Crippen LogP contribution in [0.1, 0.15) is 77.6 Å². The minimum absolute atomic E-state index is 0.0188. The maximum absolute atomic E-state index is 15.5. The molecule has 4 heterocycles. The van der Waals surface area contributed by atoms with Gasteiger partial charge >= 0.3 is 523 Å². The maximum atomic E-state index is 15.5. The van der Waals surface area contributed by atoms with E-state index in [-0.39, 0.29) is 44.2 Å². The van der Waals surface area contributed by atoms with Crippen molar-refractivity contribution in [3.63, 3.8) is 0 Å². The molecule has 0 saturated carbocycles. The van der Waals surface area contributed by atoms with Crippen LogP contribution < -0.4 is 4.46 Å². The molecule has 11 rings (SSSR count). The molecule has 0 spiro atoms. The summed E-state index contributed by atoms with van der Waals surface area (Å²) in [4.78, 5) is 84.4. The number of amides is 2. The van der Waals surface area contributed by atoms with Crippen molar-refractivity contribution in [2.45, 2.75) is 152 Å². The number of rotatable bonds is 25. The van der Waals surface area contributed by atoms with Crippen molar-refractivity contribution < 1.29 is 90.3 Å². The van der Waals surface area contributed by atoms with E-state index in [4.69, 9.17) is 61.6 Å². The molecule has 93 heavy (non-hydrogen) atoms. The number of esters is 4. The van der Waals surface area contributed by atoms with E-state index in [1.807, 2.05) is 171 Å². The molecule has 2 amide bonds. The molecule has 0 N–H and O–H groups in total. The molecule has 7 aromatic rings. The summed E-state index contributed by atoms with van der Waals surface area (Å²) in [6.45, 7) is 5.85. The van der Waals surface area contributed by atoms with Crippen LogP contribution in [0.15, 0.2) is 188 Å². The van der Waals surface area contributed by atoms with E-state index < -0.39 is 148 Å². The number of nitrogens with zero attached hydrogens (tertiary/aromatic N) is 1. The van der Waals surface area contributed by atoms with Crippen molar-refractivity contribution in [2.24, 2.45) is 0 Å². The van der Waals surface area contributed by atoms with E-state index in [2.05, 4.69) is 0 Å². The second kappa shape index (κ2) is 31.3. The number of imide groups is 1. The van der Waals surface area contributed by atoms with Gasteiger partial charge in [0.15, 0.2) is 0 Å². The van der Waals surface area contributed by atoms with Gasteiger partial charge in [0.05, 0.1) is 0 Å². The van der Waals surface area contributed by atoms with Crippen LogP contribution in [0.4, 0.5) is 0 Å². The Morgan fingerprint density at radius 2 is 0.914 bits per heavy atom. The number of carbonyl (C=O) groups excluding carboxylic acids is 6. The molecule has 15 atom stereocenters. The summed E-state index contributed by atoms with van der Waals surface area (Å²) in [6, 6.07) is 57.2. The van der Waals surface area contributed by atoms with Gasteiger partial charge in [0, 0.05) is 0 Å². The number of hydrogen-bond donors (Lipinski definition) is 0. The van der Waals surface area contributed by atoms with E-state index in [1.54, 1.807) is 24.3 Å². The Kier molecular flexibility index (Phi) is 22.3. The monoisotopic (exact) mass is 1340 g/mol. The summed E-state index contributed by atoms with van der Waals surface area (Å²) in [5.74, 6) is -4.65. The topological polar surface area (TPSA) is 226 Å². The Hall–Kier alpha value is -8.02. The average Bonchev–Trinajstić information content (AvgIpc) is 1.71. The number of ether oxygens (including phenoxy) is 13. The minimum atomic E-state index is -1.85. The van der Waals surface area contributed by atoms with Crippen molar-refractivity contribution >= 4 is 65.9 Å². The van der Waals surface area contributed by atoms with E-state index in [9.17, 15) is 19.2 Å². The van der Waals surface area contributed by atoms with Gasteiger partial charge in [0.2, 0.25) is 0 Å². The van der Waals surface area contributed by atoms with Crippen LogP contribution in [-0.2, 0) is 107 Å². The molecule has 4 aliphatic heterocycles. The molecule has 4 aliphatic rings. The molecule has 0 bridgehead atoms. The summed E-state index contributed by atoms with van der Waals surface area (Å²) in [6.07, 6.45) is -17.9. The predicted molar refractivity (Wildman–Crippen MR) is 336 cm³/mol. The first-order chi connectivity index (χ1) is 45.1. The molecule has 0 aromatic heterocycles. The van der Waals surface area contributed by atoms with Gasteiger partial charge in [-0.25, -0.2) is 0 Å². The van der Waals surface area contributed by atoms with Crippen LogP contribution >= 0.6 is 0 Å². The first-order valence-electron chi connectivity index (χ1n) is 30.8. The van der Waals surface area contributed by atoms with Gasteiger partial charge in [0.1, 0.15) is 0 Å². The van der Waals surface area contributed by atoms with Gasteiger partial charge in [-0.15, -0.1) is 0 Å². The zero-order chi connectivity index (χ0) is 65.0. The van der Waals surface area contributed by atoms with E-state index in [0.717, 1.165) is 63.2 Å². The Morgan fingerprint density at radius 3 is 1.49 bits per heavy atom. The Balaban J connectivity index is 1.09. The fourth-order valence-electron chi connectivity index (χ4n) is 12.0. The molecule has 7 aromatic carbocycles. The van der Waals surface area contributed by atoms with Gasteiger partial charge in [-0.05, 0) is 0 Å². The first-order valence-corrected chi connectivity index (χ1v) is 32.6. The first kappa shape index (κ1) is 66.4. The zero-order valence-electron chi connectivity index (χ0n) is 51.9. The second-order valence-electron chi connectivity index (χ2n) is 22.9. The third kappa shape index (κ3) is 16.5.